The highest BCUT2D eigenvalue weighted by molar-refractivity contribution is 9.10. The zero-order valence-electron chi connectivity index (χ0n) is 19.8. The van der Waals surface area contributed by atoms with Gasteiger partial charge in [0, 0.05) is 16.0 Å². The summed E-state index contributed by atoms with van der Waals surface area (Å²) in [5, 5.41) is 0.980. The summed E-state index contributed by atoms with van der Waals surface area (Å²) in [4.78, 5) is 29.1. The Hall–Kier alpha value is -3.09. The van der Waals surface area contributed by atoms with E-state index in [1.54, 1.807) is 29.2 Å². The highest BCUT2D eigenvalue weighted by Crippen LogP contribution is 2.40. The molecule has 1 aromatic heterocycles. The molecule has 0 fully saturated rings. The van der Waals surface area contributed by atoms with Crippen molar-refractivity contribution in [3.05, 3.63) is 109 Å². The Morgan fingerprint density at radius 3 is 2.67 bits per heavy atom. The maximum absolute atomic E-state index is 13.8. The Kier molecular flexibility index (Phi) is 7.17. The molecule has 0 aliphatic carbocycles. The van der Waals surface area contributed by atoms with Crippen molar-refractivity contribution >= 4 is 44.4 Å². The van der Waals surface area contributed by atoms with E-state index in [9.17, 15) is 9.59 Å². The highest BCUT2D eigenvalue weighted by atomic mass is 79.9. The molecule has 0 saturated carbocycles. The normalized spacial score (nSPS) is 14.9. The number of rotatable bonds is 8. The lowest BCUT2D eigenvalue weighted by Gasteiger charge is -2.26. The molecule has 1 atom stereocenters. The number of benzene rings is 3. The van der Waals surface area contributed by atoms with Gasteiger partial charge in [0.05, 0.1) is 23.6 Å². The summed E-state index contributed by atoms with van der Waals surface area (Å²) >= 11 is 9.89. The number of fused-ring (bicyclic) bond motifs is 2. The van der Waals surface area contributed by atoms with Gasteiger partial charge in [0.1, 0.15) is 11.3 Å². The quantitative estimate of drug-likeness (QED) is 0.207. The molecule has 0 radical (unpaired) electrons. The summed E-state index contributed by atoms with van der Waals surface area (Å²) in [6, 6.07) is 19.6. The minimum Gasteiger partial charge on any atom is -0.494 e. The number of hydrogen-bond acceptors (Lipinski definition) is 4. The van der Waals surface area contributed by atoms with Crippen LogP contribution in [0.1, 0.15) is 59.5 Å². The maximum atomic E-state index is 13.8. The van der Waals surface area contributed by atoms with Gasteiger partial charge in [-0.2, -0.15) is 0 Å². The minimum absolute atomic E-state index is 0.0705. The Morgan fingerprint density at radius 1 is 1.03 bits per heavy atom. The molecule has 1 aliphatic heterocycles. The van der Waals surface area contributed by atoms with Crippen LogP contribution in [-0.4, -0.2) is 17.4 Å². The minimum atomic E-state index is -0.636. The summed E-state index contributed by atoms with van der Waals surface area (Å²) in [6.07, 6.45) is 3.18. The second-order valence-electron chi connectivity index (χ2n) is 8.87. The van der Waals surface area contributed by atoms with Crippen LogP contribution < -0.4 is 10.2 Å². The van der Waals surface area contributed by atoms with Crippen LogP contribution in [0.4, 0.5) is 0 Å². The number of halogens is 2. The third kappa shape index (κ3) is 4.67. The Labute approximate surface area is 222 Å². The van der Waals surface area contributed by atoms with Crippen molar-refractivity contribution in [3.63, 3.8) is 0 Å². The van der Waals surface area contributed by atoms with Crippen LogP contribution in [0.15, 0.2) is 80.4 Å². The first-order valence-electron chi connectivity index (χ1n) is 12.0. The fraction of sp³-hybridized carbons (Fsp3) is 0.241. The standard InChI is InChI=1S/C29H25BrClNO4/c1-2-3-6-14-35-21-10-7-9-18(15-21)26-25-27(33)22-16-20(30)12-13-24(22)36-28(25)29(34)32(26)17-19-8-4-5-11-23(19)31/h4-5,7-13,15-16,26H,2-3,6,14,17H2,1H3. The fourth-order valence-electron chi connectivity index (χ4n) is 4.63. The van der Waals surface area contributed by atoms with Crippen LogP contribution in [-0.2, 0) is 6.54 Å². The van der Waals surface area contributed by atoms with Gasteiger partial charge < -0.3 is 14.1 Å². The average Bonchev–Trinajstić information content (AvgIpc) is 3.15. The molecule has 184 valence electrons. The van der Waals surface area contributed by atoms with Gasteiger partial charge in [0.15, 0.2) is 5.43 Å². The van der Waals surface area contributed by atoms with Crippen molar-refractivity contribution in [1.29, 1.82) is 0 Å². The van der Waals surface area contributed by atoms with Crippen LogP contribution in [0.5, 0.6) is 5.75 Å². The number of nitrogens with zero attached hydrogens (tertiary/aromatic N) is 1. The smallest absolute Gasteiger partial charge is 0.291 e. The molecule has 0 bridgehead atoms. The largest absolute Gasteiger partial charge is 0.494 e. The summed E-state index contributed by atoms with van der Waals surface area (Å²) < 4.78 is 12.8. The van der Waals surface area contributed by atoms with E-state index in [2.05, 4.69) is 22.9 Å². The van der Waals surface area contributed by atoms with Gasteiger partial charge in [-0.05, 0) is 53.9 Å². The molecule has 0 N–H and O–H groups in total. The van der Waals surface area contributed by atoms with Crippen molar-refractivity contribution < 1.29 is 13.9 Å². The first-order chi connectivity index (χ1) is 17.5. The molecule has 1 aliphatic rings. The molecule has 5 rings (SSSR count). The molecule has 0 saturated heterocycles. The van der Waals surface area contributed by atoms with Crippen molar-refractivity contribution in [2.75, 3.05) is 6.61 Å². The second-order valence-corrected chi connectivity index (χ2v) is 10.2. The molecule has 36 heavy (non-hydrogen) atoms. The van der Waals surface area contributed by atoms with E-state index in [-0.39, 0.29) is 23.6 Å². The first-order valence-corrected chi connectivity index (χ1v) is 13.2. The summed E-state index contributed by atoms with van der Waals surface area (Å²) in [6.45, 7) is 2.99. The van der Waals surface area contributed by atoms with E-state index in [1.165, 1.54) is 0 Å². The molecule has 1 unspecified atom stereocenters. The molecule has 4 aromatic rings. The molecule has 5 nitrogen and oxygen atoms in total. The number of ether oxygens (including phenoxy) is 1. The van der Waals surface area contributed by atoms with E-state index in [0.29, 0.717) is 33.9 Å². The summed E-state index contributed by atoms with van der Waals surface area (Å²) in [7, 11) is 0. The molecular weight excluding hydrogens is 542 g/mol. The van der Waals surface area contributed by atoms with Crippen molar-refractivity contribution in [2.24, 2.45) is 0 Å². The average molecular weight is 567 g/mol. The number of carbonyl (C=O) groups is 1. The van der Waals surface area contributed by atoms with Gasteiger partial charge >= 0.3 is 0 Å². The van der Waals surface area contributed by atoms with Gasteiger partial charge in [-0.3, -0.25) is 9.59 Å². The third-order valence-corrected chi connectivity index (χ3v) is 7.28. The topological polar surface area (TPSA) is 59.8 Å². The second kappa shape index (κ2) is 10.5. The Bertz CT molecular complexity index is 1500. The van der Waals surface area contributed by atoms with E-state index < -0.39 is 6.04 Å². The van der Waals surface area contributed by atoms with Gasteiger partial charge in [-0.15, -0.1) is 0 Å². The van der Waals surface area contributed by atoms with Crippen LogP contribution in [0, 0.1) is 0 Å². The van der Waals surface area contributed by atoms with Crippen LogP contribution >= 0.6 is 27.5 Å². The summed E-state index contributed by atoms with van der Waals surface area (Å²) in [5.74, 6) is 0.433. The lowest BCUT2D eigenvalue weighted by molar-refractivity contribution is 0.0714. The van der Waals surface area contributed by atoms with Gasteiger partial charge in [-0.1, -0.05) is 77.6 Å². The summed E-state index contributed by atoms with van der Waals surface area (Å²) in [5.41, 5.74) is 2.06. The Morgan fingerprint density at radius 2 is 1.86 bits per heavy atom. The predicted molar refractivity (Wildman–Crippen MR) is 145 cm³/mol. The first kappa shape index (κ1) is 24.6. The molecule has 1 amide bonds. The molecule has 2 heterocycles. The van der Waals surface area contributed by atoms with E-state index in [0.717, 1.165) is 34.9 Å². The van der Waals surface area contributed by atoms with Crippen molar-refractivity contribution in [1.82, 2.24) is 4.90 Å². The Balaban J connectivity index is 1.63. The van der Waals surface area contributed by atoms with Crippen molar-refractivity contribution in [2.45, 2.75) is 38.8 Å². The molecule has 7 heteroatoms. The number of amides is 1. The molecule has 0 spiro atoms. The van der Waals surface area contributed by atoms with Crippen LogP contribution in [0.2, 0.25) is 5.02 Å². The predicted octanol–water partition coefficient (Wildman–Crippen LogP) is 7.52. The lowest BCUT2D eigenvalue weighted by Crippen LogP contribution is -2.29. The van der Waals surface area contributed by atoms with E-state index in [4.69, 9.17) is 20.8 Å². The third-order valence-electron chi connectivity index (χ3n) is 6.42. The highest BCUT2D eigenvalue weighted by Gasteiger charge is 2.43. The fourth-order valence-corrected chi connectivity index (χ4v) is 5.19. The van der Waals surface area contributed by atoms with Gasteiger partial charge in [-0.25, -0.2) is 0 Å². The lowest BCUT2D eigenvalue weighted by atomic mass is 9.98. The SMILES string of the molecule is CCCCCOc1cccc(C2c3c(oc4ccc(Br)cc4c3=O)C(=O)N2Cc2ccccc2Cl)c1. The van der Waals surface area contributed by atoms with Crippen LogP contribution in [0.3, 0.4) is 0 Å². The zero-order chi connectivity index (χ0) is 25.2. The number of carbonyl (C=O) groups excluding carboxylic acids is 1. The number of unbranched alkanes of at least 4 members (excludes halogenated alkanes) is 2. The molecule has 3 aromatic carbocycles. The molecular formula is C29H25BrClNO4. The van der Waals surface area contributed by atoms with Gasteiger partial charge in [0.25, 0.3) is 5.91 Å². The zero-order valence-corrected chi connectivity index (χ0v) is 22.1. The van der Waals surface area contributed by atoms with E-state index >= 15 is 0 Å². The number of hydrogen-bond donors (Lipinski definition) is 0. The maximum Gasteiger partial charge on any atom is 0.291 e. The van der Waals surface area contributed by atoms with Crippen molar-refractivity contribution in [3.8, 4) is 5.75 Å². The monoisotopic (exact) mass is 565 g/mol. The van der Waals surface area contributed by atoms with Crippen LogP contribution in [0.25, 0.3) is 11.0 Å². The van der Waals surface area contributed by atoms with Gasteiger partial charge in [0.2, 0.25) is 5.76 Å². The van der Waals surface area contributed by atoms with E-state index in [1.807, 2.05) is 42.5 Å².